The van der Waals surface area contributed by atoms with Crippen LogP contribution in [0.3, 0.4) is 0 Å². The summed E-state index contributed by atoms with van der Waals surface area (Å²) in [5.41, 5.74) is 0.619. The Hall–Kier alpha value is -1.62. The average molecular weight is 229 g/mol. The number of nitrogens with zero attached hydrogens (tertiary/aromatic N) is 1. The second-order valence-corrected chi connectivity index (χ2v) is 3.02. The summed E-state index contributed by atoms with van der Waals surface area (Å²) < 4.78 is 0. The highest BCUT2D eigenvalue weighted by Gasteiger charge is 2.05. The van der Waals surface area contributed by atoms with E-state index in [1.54, 1.807) is 0 Å². The standard InChI is InChI=1S/C9H9ClN2O3/c10-4-8(13)12-5-7-3-6(9(14)15)1-2-11-7/h1-3H,4-5H2,(H,12,13)(H,14,15). The topological polar surface area (TPSA) is 79.3 Å². The van der Waals surface area contributed by atoms with Crippen LogP contribution in [0.25, 0.3) is 0 Å². The lowest BCUT2D eigenvalue weighted by atomic mass is 10.2. The fourth-order valence-corrected chi connectivity index (χ4v) is 1.04. The normalized spacial score (nSPS) is 9.67. The lowest BCUT2D eigenvalue weighted by Gasteiger charge is -2.02. The van der Waals surface area contributed by atoms with Crippen molar-refractivity contribution in [2.75, 3.05) is 5.88 Å². The van der Waals surface area contributed by atoms with E-state index in [4.69, 9.17) is 16.7 Å². The third-order valence-corrected chi connectivity index (χ3v) is 1.89. The Morgan fingerprint density at radius 3 is 2.87 bits per heavy atom. The Kier molecular flexibility index (Phi) is 4.05. The zero-order valence-corrected chi connectivity index (χ0v) is 8.49. The van der Waals surface area contributed by atoms with Crippen molar-refractivity contribution >= 4 is 23.5 Å². The number of aromatic carboxylic acids is 1. The molecule has 0 aliphatic heterocycles. The molecule has 0 unspecified atom stereocenters. The minimum Gasteiger partial charge on any atom is -0.478 e. The lowest BCUT2D eigenvalue weighted by Crippen LogP contribution is -2.24. The zero-order valence-electron chi connectivity index (χ0n) is 7.74. The van der Waals surface area contributed by atoms with Gasteiger partial charge in [0.25, 0.3) is 0 Å². The Morgan fingerprint density at radius 1 is 1.53 bits per heavy atom. The molecule has 0 saturated carbocycles. The molecule has 1 aromatic rings. The molecule has 0 bridgehead atoms. The van der Waals surface area contributed by atoms with E-state index in [0.29, 0.717) is 5.69 Å². The molecule has 0 fully saturated rings. The van der Waals surface area contributed by atoms with Gasteiger partial charge in [-0.1, -0.05) is 0 Å². The molecule has 0 atom stereocenters. The molecule has 0 radical (unpaired) electrons. The SMILES string of the molecule is O=C(CCl)NCc1cc(C(=O)O)ccn1. The Morgan fingerprint density at radius 2 is 2.27 bits per heavy atom. The number of nitrogens with one attached hydrogen (secondary N) is 1. The third kappa shape index (κ3) is 3.55. The van der Waals surface area contributed by atoms with Crippen molar-refractivity contribution in [3.8, 4) is 0 Å². The van der Waals surface area contributed by atoms with Gasteiger partial charge in [0, 0.05) is 6.20 Å². The van der Waals surface area contributed by atoms with Crippen molar-refractivity contribution in [1.29, 1.82) is 0 Å². The first-order chi connectivity index (χ1) is 7.13. The van der Waals surface area contributed by atoms with E-state index < -0.39 is 5.97 Å². The molecule has 0 aliphatic carbocycles. The van der Waals surface area contributed by atoms with Crippen LogP contribution in [0, 0.1) is 0 Å². The first-order valence-corrected chi connectivity index (χ1v) is 4.68. The number of carbonyl (C=O) groups is 2. The third-order valence-electron chi connectivity index (χ3n) is 1.65. The summed E-state index contributed by atoms with van der Waals surface area (Å²) in [7, 11) is 0. The van der Waals surface area contributed by atoms with Crippen LogP contribution in [-0.4, -0.2) is 27.8 Å². The van der Waals surface area contributed by atoms with Crippen LogP contribution in [0.4, 0.5) is 0 Å². The van der Waals surface area contributed by atoms with Crippen LogP contribution < -0.4 is 5.32 Å². The minimum absolute atomic E-state index is 0.126. The summed E-state index contributed by atoms with van der Waals surface area (Å²) in [5, 5.41) is 11.2. The quantitative estimate of drug-likeness (QED) is 0.741. The van der Waals surface area contributed by atoms with Gasteiger partial charge in [-0.3, -0.25) is 9.78 Å². The number of carbonyl (C=O) groups excluding carboxylic acids is 1. The maximum absolute atomic E-state index is 10.8. The highest BCUT2D eigenvalue weighted by molar-refractivity contribution is 6.27. The van der Waals surface area contributed by atoms with Gasteiger partial charge in [-0.2, -0.15) is 0 Å². The van der Waals surface area contributed by atoms with Crippen LogP contribution in [0.2, 0.25) is 0 Å². The van der Waals surface area contributed by atoms with Gasteiger partial charge in [-0.15, -0.1) is 11.6 Å². The Labute approximate surface area is 91.1 Å². The van der Waals surface area contributed by atoms with E-state index >= 15 is 0 Å². The molecule has 0 aromatic carbocycles. The highest BCUT2D eigenvalue weighted by Crippen LogP contribution is 2.01. The molecule has 1 amide bonds. The zero-order chi connectivity index (χ0) is 11.3. The minimum atomic E-state index is -1.03. The van der Waals surface area contributed by atoms with Gasteiger partial charge in [0.05, 0.1) is 17.8 Å². The molecule has 0 aliphatic rings. The molecular weight excluding hydrogens is 220 g/mol. The van der Waals surface area contributed by atoms with Gasteiger partial charge in [0.1, 0.15) is 5.88 Å². The smallest absolute Gasteiger partial charge is 0.335 e. The van der Waals surface area contributed by atoms with Crippen LogP contribution in [0.1, 0.15) is 16.1 Å². The lowest BCUT2D eigenvalue weighted by molar-refractivity contribution is -0.118. The molecule has 0 saturated heterocycles. The largest absolute Gasteiger partial charge is 0.478 e. The number of amides is 1. The number of carboxylic acid groups (broad SMARTS) is 1. The molecule has 80 valence electrons. The van der Waals surface area contributed by atoms with Crippen LogP contribution in [0.15, 0.2) is 18.3 Å². The summed E-state index contributed by atoms with van der Waals surface area (Å²) >= 11 is 5.27. The summed E-state index contributed by atoms with van der Waals surface area (Å²) in [6.45, 7) is 0.173. The van der Waals surface area contributed by atoms with E-state index in [-0.39, 0.29) is 23.9 Å². The van der Waals surface area contributed by atoms with Gasteiger partial charge in [-0.25, -0.2) is 4.79 Å². The van der Waals surface area contributed by atoms with Crippen molar-refractivity contribution in [2.45, 2.75) is 6.54 Å². The molecule has 5 nitrogen and oxygen atoms in total. The van der Waals surface area contributed by atoms with E-state index in [2.05, 4.69) is 10.3 Å². The molecule has 0 spiro atoms. The monoisotopic (exact) mass is 228 g/mol. The number of aromatic nitrogens is 1. The molecule has 2 N–H and O–H groups in total. The van der Waals surface area contributed by atoms with Crippen molar-refractivity contribution in [1.82, 2.24) is 10.3 Å². The maximum Gasteiger partial charge on any atom is 0.335 e. The van der Waals surface area contributed by atoms with Gasteiger partial charge < -0.3 is 10.4 Å². The van der Waals surface area contributed by atoms with E-state index in [1.165, 1.54) is 18.3 Å². The molecule has 6 heteroatoms. The number of hydrogen-bond acceptors (Lipinski definition) is 3. The van der Waals surface area contributed by atoms with Gasteiger partial charge in [-0.05, 0) is 12.1 Å². The maximum atomic E-state index is 10.8. The fourth-order valence-electron chi connectivity index (χ4n) is 0.944. The molecule has 1 heterocycles. The van der Waals surface area contributed by atoms with Crippen LogP contribution in [0.5, 0.6) is 0 Å². The predicted molar refractivity (Wildman–Crippen MR) is 53.8 cm³/mol. The average Bonchev–Trinajstić information content (AvgIpc) is 2.26. The van der Waals surface area contributed by atoms with Gasteiger partial charge in [0.2, 0.25) is 5.91 Å². The second-order valence-electron chi connectivity index (χ2n) is 2.75. The summed E-state index contributed by atoms with van der Waals surface area (Å²) in [6.07, 6.45) is 1.38. The highest BCUT2D eigenvalue weighted by atomic mass is 35.5. The fraction of sp³-hybridized carbons (Fsp3) is 0.222. The first kappa shape index (κ1) is 11.5. The number of hydrogen-bond donors (Lipinski definition) is 2. The van der Waals surface area contributed by atoms with Crippen LogP contribution in [-0.2, 0) is 11.3 Å². The van der Waals surface area contributed by atoms with Gasteiger partial charge >= 0.3 is 5.97 Å². The van der Waals surface area contributed by atoms with Crippen molar-refractivity contribution < 1.29 is 14.7 Å². The van der Waals surface area contributed by atoms with Gasteiger partial charge in [0.15, 0.2) is 0 Å². The number of pyridine rings is 1. The first-order valence-electron chi connectivity index (χ1n) is 4.14. The Bertz CT molecular complexity index is 381. The number of rotatable bonds is 4. The van der Waals surface area contributed by atoms with Crippen LogP contribution >= 0.6 is 11.6 Å². The molecule has 1 aromatic heterocycles. The number of carboxylic acids is 1. The molecule has 1 rings (SSSR count). The summed E-state index contributed by atoms with van der Waals surface area (Å²) in [4.78, 5) is 25.3. The van der Waals surface area contributed by atoms with E-state index in [9.17, 15) is 9.59 Å². The number of alkyl halides is 1. The summed E-state index contributed by atoms with van der Waals surface area (Å²) in [6, 6.07) is 2.78. The molecular formula is C9H9ClN2O3. The predicted octanol–water partition coefficient (Wildman–Crippen LogP) is 0.635. The van der Waals surface area contributed by atoms with Crippen molar-refractivity contribution in [3.05, 3.63) is 29.6 Å². The Balaban J connectivity index is 2.66. The molecule has 15 heavy (non-hydrogen) atoms. The summed E-state index contributed by atoms with van der Waals surface area (Å²) in [5.74, 6) is -1.47. The van der Waals surface area contributed by atoms with E-state index in [1.807, 2.05) is 0 Å². The van der Waals surface area contributed by atoms with Crippen molar-refractivity contribution in [3.63, 3.8) is 0 Å². The van der Waals surface area contributed by atoms with Crippen molar-refractivity contribution in [2.24, 2.45) is 0 Å². The second kappa shape index (κ2) is 5.31. The van der Waals surface area contributed by atoms with E-state index in [0.717, 1.165) is 0 Å². The number of halogens is 1.